The molecule has 0 radical (unpaired) electrons. The van der Waals surface area contributed by atoms with Crippen LogP contribution in [-0.4, -0.2) is 35.4 Å². The van der Waals surface area contributed by atoms with Gasteiger partial charge in [0, 0.05) is 19.0 Å². The first-order valence-electron chi connectivity index (χ1n) is 6.42. The number of aliphatic hydroxyl groups excluding tert-OH is 1. The van der Waals surface area contributed by atoms with E-state index in [4.69, 9.17) is 0 Å². The average Bonchev–Trinajstić information content (AvgIpc) is 2.92. The van der Waals surface area contributed by atoms with Gasteiger partial charge in [-0.2, -0.15) is 0 Å². The summed E-state index contributed by atoms with van der Waals surface area (Å²) >= 11 is 0. The number of anilines is 1. The second-order valence-electron chi connectivity index (χ2n) is 5.30. The van der Waals surface area contributed by atoms with Crippen LogP contribution in [0.1, 0.15) is 23.2 Å². The third-order valence-electron chi connectivity index (χ3n) is 4.29. The SMILES string of the molecule is O=C(O)c1ccccc1N1CC2CCC(O)C2C1. The lowest BCUT2D eigenvalue weighted by Gasteiger charge is -2.22. The lowest BCUT2D eigenvalue weighted by molar-refractivity contribution is 0.0697. The minimum atomic E-state index is -0.886. The molecule has 0 bridgehead atoms. The van der Waals surface area contributed by atoms with E-state index in [1.807, 2.05) is 12.1 Å². The number of aliphatic hydroxyl groups is 1. The van der Waals surface area contributed by atoms with E-state index in [2.05, 4.69) is 4.90 Å². The molecule has 2 N–H and O–H groups in total. The van der Waals surface area contributed by atoms with Crippen LogP contribution in [0.5, 0.6) is 0 Å². The van der Waals surface area contributed by atoms with Crippen LogP contribution < -0.4 is 4.90 Å². The maximum atomic E-state index is 11.2. The molecule has 3 atom stereocenters. The first-order valence-corrected chi connectivity index (χ1v) is 6.42. The van der Waals surface area contributed by atoms with Crippen molar-refractivity contribution in [1.29, 1.82) is 0 Å². The van der Waals surface area contributed by atoms with Crippen molar-refractivity contribution in [3.63, 3.8) is 0 Å². The zero-order valence-electron chi connectivity index (χ0n) is 10.1. The van der Waals surface area contributed by atoms with E-state index < -0.39 is 5.97 Å². The highest BCUT2D eigenvalue weighted by atomic mass is 16.4. The summed E-state index contributed by atoms with van der Waals surface area (Å²) in [6.07, 6.45) is 1.73. The van der Waals surface area contributed by atoms with Gasteiger partial charge in [0.1, 0.15) is 0 Å². The maximum absolute atomic E-state index is 11.2. The van der Waals surface area contributed by atoms with Crippen molar-refractivity contribution in [3.8, 4) is 0 Å². The number of hydrogen-bond donors (Lipinski definition) is 2. The molecule has 0 aromatic heterocycles. The van der Waals surface area contributed by atoms with Crippen LogP contribution in [0.3, 0.4) is 0 Å². The van der Waals surface area contributed by atoms with E-state index in [1.165, 1.54) is 0 Å². The molecule has 1 saturated carbocycles. The van der Waals surface area contributed by atoms with Crippen LogP contribution in [0.25, 0.3) is 0 Å². The molecular weight excluding hydrogens is 230 g/mol. The highest BCUT2D eigenvalue weighted by Crippen LogP contribution is 2.40. The minimum Gasteiger partial charge on any atom is -0.478 e. The highest BCUT2D eigenvalue weighted by molar-refractivity contribution is 5.94. The molecule has 2 fully saturated rings. The molecule has 1 saturated heterocycles. The second kappa shape index (κ2) is 4.28. The number of benzene rings is 1. The summed E-state index contributed by atoms with van der Waals surface area (Å²) in [6, 6.07) is 7.12. The summed E-state index contributed by atoms with van der Waals surface area (Å²) in [6.45, 7) is 1.64. The van der Waals surface area contributed by atoms with E-state index >= 15 is 0 Å². The number of aromatic carboxylic acids is 1. The average molecular weight is 247 g/mol. The van der Waals surface area contributed by atoms with E-state index in [0.717, 1.165) is 31.6 Å². The summed E-state index contributed by atoms with van der Waals surface area (Å²) in [7, 11) is 0. The number of nitrogens with zero attached hydrogens (tertiary/aromatic N) is 1. The molecule has 3 rings (SSSR count). The van der Waals surface area contributed by atoms with Gasteiger partial charge >= 0.3 is 5.97 Å². The van der Waals surface area contributed by atoms with Crippen LogP contribution in [-0.2, 0) is 0 Å². The third kappa shape index (κ3) is 1.77. The van der Waals surface area contributed by atoms with Crippen molar-refractivity contribution < 1.29 is 15.0 Å². The van der Waals surface area contributed by atoms with Crippen LogP contribution in [0.4, 0.5) is 5.69 Å². The van der Waals surface area contributed by atoms with Gasteiger partial charge < -0.3 is 15.1 Å². The van der Waals surface area contributed by atoms with Gasteiger partial charge in [-0.1, -0.05) is 12.1 Å². The lowest BCUT2D eigenvalue weighted by atomic mass is 10.00. The quantitative estimate of drug-likeness (QED) is 0.833. The fraction of sp³-hybridized carbons (Fsp3) is 0.500. The molecule has 0 amide bonds. The number of fused-ring (bicyclic) bond motifs is 1. The number of carboxylic acid groups (broad SMARTS) is 1. The van der Waals surface area contributed by atoms with Gasteiger partial charge in [-0.05, 0) is 30.9 Å². The molecule has 4 nitrogen and oxygen atoms in total. The predicted molar refractivity (Wildman–Crippen MR) is 67.8 cm³/mol. The topological polar surface area (TPSA) is 60.8 Å². The smallest absolute Gasteiger partial charge is 0.337 e. The molecule has 1 aliphatic carbocycles. The molecule has 1 aromatic carbocycles. The molecule has 1 aromatic rings. The van der Waals surface area contributed by atoms with Gasteiger partial charge in [0.15, 0.2) is 0 Å². The second-order valence-corrected chi connectivity index (χ2v) is 5.30. The molecule has 2 aliphatic rings. The monoisotopic (exact) mass is 247 g/mol. The van der Waals surface area contributed by atoms with Crippen molar-refractivity contribution in [2.45, 2.75) is 18.9 Å². The minimum absolute atomic E-state index is 0.211. The molecule has 0 spiro atoms. The van der Waals surface area contributed by atoms with Gasteiger partial charge in [0.2, 0.25) is 0 Å². The Morgan fingerprint density at radius 2 is 2.00 bits per heavy atom. The summed E-state index contributed by atoms with van der Waals surface area (Å²) in [5.74, 6) is -0.0584. The third-order valence-corrected chi connectivity index (χ3v) is 4.29. The normalized spacial score (nSPS) is 30.5. The van der Waals surface area contributed by atoms with Crippen LogP contribution in [0.2, 0.25) is 0 Å². The van der Waals surface area contributed by atoms with Crippen molar-refractivity contribution >= 4 is 11.7 Å². The predicted octanol–water partition coefficient (Wildman–Crippen LogP) is 1.59. The van der Waals surface area contributed by atoms with E-state index in [1.54, 1.807) is 12.1 Å². The van der Waals surface area contributed by atoms with Gasteiger partial charge in [-0.15, -0.1) is 0 Å². The fourth-order valence-corrected chi connectivity index (χ4v) is 3.36. The first kappa shape index (κ1) is 11.5. The summed E-state index contributed by atoms with van der Waals surface area (Å²) < 4.78 is 0. The van der Waals surface area contributed by atoms with Gasteiger partial charge in [-0.25, -0.2) is 4.79 Å². The van der Waals surface area contributed by atoms with Crippen molar-refractivity contribution in [2.24, 2.45) is 11.8 Å². The van der Waals surface area contributed by atoms with Crippen LogP contribution >= 0.6 is 0 Å². The van der Waals surface area contributed by atoms with E-state index in [9.17, 15) is 15.0 Å². The molecular formula is C14H17NO3. The number of carboxylic acids is 1. The largest absolute Gasteiger partial charge is 0.478 e. The summed E-state index contributed by atoms with van der Waals surface area (Å²) in [4.78, 5) is 13.3. The number of para-hydroxylation sites is 1. The molecule has 4 heteroatoms. The van der Waals surface area contributed by atoms with Gasteiger partial charge in [0.25, 0.3) is 0 Å². The standard InChI is InChI=1S/C14H17NO3/c16-13-6-5-9-7-15(8-11(9)13)12-4-2-1-3-10(12)14(17)18/h1-4,9,11,13,16H,5-8H2,(H,17,18). The molecule has 1 aliphatic heterocycles. The lowest BCUT2D eigenvalue weighted by Crippen LogP contribution is -2.25. The Morgan fingerprint density at radius 1 is 1.22 bits per heavy atom. The molecule has 3 unspecified atom stereocenters. The Balaban J connectivity index is 1.87. The molecule has 96 valence electrons. The van der Waals surface area contributed by atoms with Gasteiger partial charge in [0.05, 0.1) is 17.4 Å². The number of carbonyl (C=O) groups is 1. The van der Waals surface area contributed by atoms with Gasteiger partial charge in [-0.3, -0.25) is 0 Å². The first-order chi connectivity index (χ1) is 8.66. The van der Waals surface area contributed by atoms with E-state index in [0.29, 0.717) is 17.4 Å². The number of hydrogen-bond acceptors (Lipinski definition) is 3. The van der Waals surface area contributed by atoms with Crippen molar-refractivity contribution in [2.75, 3.05) is 18.0 Å². The molecule has 1 heterocycles. The number of rotatable bonds is 2. The fourth-order valence-electron chi connectivity index (χ4n) is 3.36. The van der Waals surface area contributed by atoms with Crippen molar-refractivity contribution in [3.05, 3.63) is 29.8 Å². The van der Waals surface area contributed by atoms with E-state index in [-0.39, 0.29) is 6.10 Å². The zero-order chi connectivity index (χ0) is 12.7. The highest BCUT2D eigenvalue weighted by Gasteiger charge is 2.42. The Bertz CT molecular complexity index is 474. The zero-order valence-corrected chi connectivity index (χ0v) is 10.1. The van der Waals surface area contributed by atoms with Crippen LogP contribution in [0.15, 0.2) is 24.3 Å². The Hall–Kier alpha value is -1.55. The Labute approximate surface area is 106 Å². The summed E-state index contributed by atoms with van der Waals surface area (Å²) in [5.41, 5.74) is 1.14. The maximum Gasteiger partial charge on any atom is 0.337 e. The molecule has 18 heavy (non-hydrogen) atoms. The Morgan fingerprint density at radius 3 is 2.72 bits per heavy atom. The van der Waals surface area contributed by atoms with Crippen molar-refractivity contribution in [1.82, 2.24) is 0 Å². The summed E-state index contributed by atoms with van der Waals surface area (Å²) in [5, 5.41) is 19.1. The Kier molecular flexibility index (Phi) is 2.74. The van der Waals surface area contributed by atoms with Crippen LogP contribution in [0, 0.1) is 11.8 Å².